The van der Waals surface area contributed by atoms with Gasteiger partial charge in [-0.25, -0.2) is 4.98 Å². The SMILES string of the molecule is CCC(=O)N1CCC(Cn2c(C)cnc2-c2cccnc2)CC1. The molecule has 3 heterocycles. The molecule has 5 nitrogen and oxygen atoms in total. The predicted molar refractivity (Wildman–Crippen MR) is 89.8 cm³/mol. The average molecular weight is 312 g/mol. The van der Waals surface area contributed by atoms with E-state index in [4.69, 9.17) is 0 Å². The third kappa shape index (κ3) is 3.44. The van der Waals surface area contributed by atoms with Gasteiger partial charge in [0.2, 0.25) is 5.91 Å². The Morgan fingerprint density at radius 3 is 2.74 bits per heavy atom. The molecule has 1 saturated heterocycles. The average Bonchev–Trinajstić information content (AvgIpc) is 2.96. The van der Waals surface area contributed by atoms with Gasteiger partial charge in [-0.2, -0.15) is 0 Å². The Balaban J connectivity index is 1.70. The lowest BCUT2D eigenvalue weighted by molar-refractivity contribution is -0.132. The highest BCUT2D eigenvalue weighted by atomic mass is 16.2. The Kier molecular flexibility index (Phi) is 4.74. The highest BCUT2D eigenvalue weighted by molar-refractivity contribution is 5.75. The molecule has 0 saturated carbocycles. The minimum atomic E-state index is 0.276. The minimum Gasteiger partial charge on any atom is -0.343 e. The number of amides is 1. The summed E-state index contributed by atoms with van der Waals surface area (Å²) >= 11 is 0. The molecule has 0 N–H and O–H groups in total. The van der Waals surface area contributed by atoms with Gasteiger partial charge in [-0.05, 0) is 37.8 Å². The molecule has 2 aromatic heterocycles. The monoisotopic (exact) mass is 312 g/mol. The second kappa shape index (κ2) is 6.94. The lowest BCUT2D eigenvalue weighted by Gasteiger charge is -2.32. The molecule has 122 valence electrons. The number of hydrogen-bond acceptors (Lipinski definition) is 3. The molecule has 1 amide bonds. The topological polar surface area (TPSA) is 51.0 Å². The zero-order chi connectivity index (χ0) is 16.2. The molecule has 0 spiro atoms. The van der Waals surface area contributed by atoms with Crippen molar-refractivity contribution in [2.45, 2.75) is 39.7 Å². The van der Waals surface area contributed by atoms with E-state index in [1.54, 1.807) is 6.20 Å². The van der Waals surface area contributed by atoms with E-state index >= 15 is 0 Å². The summed E-state index contributed by atoms with van der Waals surface area (Å²) in [5.41, 5.74) is 2.23. The first-order valence-electron chi connectivity index (χ1n) is 8.39. The third-order valence-electron chi connectivity index (χ3n) is 4.69. The van der Waals surface area contributed by atoms with Crippen LogP contribution < -0.4 is 0 Å². The van der Waals surface area contributed by atoms with Gasteiger partial charge in [0.05, 0.1) is 0 Å². The summed E-state index contributed by atoms with van der Waals surface area (Å²) < 4.78 is 2.29. The number of carbonyl (C=O) groups is 1. The molecule has 2 aromatic rings. The van der Waals surface area contributed by atoms with Gasteiger partial charge >= 0.3 is 0 Å². The van der Waals surface area contributed by atoms with E-state index in [1.807, 2.05) is 36.4 Å². The van der Waals surface area contributed by atoms with Gasteiger partial charge in [0, 0.05) is 55.9 Å². The molecule has 23 heavy (non-hydrogen) atoms. The summed E-state index contributed by atoms with van der Waals surface area (Å²) in [5, 5.41) is 0. The molecule has 0 unspecified atom stereocenters. The molecular formula is C18H24N4O. The van der Waals surface area contributed by atoms with Crippen LogP contribution >= 0.6 is 0 Å². The molecule has 1 aliphatic rings. The van der Waals surface area contributed by atoms with E-state index in [-0.39, 0.29) is 5.91 Å². The predicted octanol–water partition coefficient (Wildman–Crippen LogP) is 2.90. The molecule has 0 atom stereocenters. The maximum absolute atomic E-state index is 11.8. The van der Waals surface area contributed by atoms with Crippen LogP contribution in [0.1, 0.15) is 31.9 Å². The standard InChI is InChI=1S/C18H24N4O/c1-3-17(23)21-9-6-15(7-10-21)13-22-14(2)11-20-18(22)16-5-4-8-19-12-16/h4-5,8,11-12,15H,3,6-7,9-10,13H2,1-2H3. The molecule has 0 radical (unpaired) electrons. The third-order valence-corrected chi connectivity index (χ3v) is 4.69. The number of carbonyl (C=O) groups excluding carboxylic acids is 1. The van der Waals surface area contributed by atoms with Crippen LogP contribution in [0.5, 0.6) is 0 Å². The van der Waals surface area contributed by atoms with Gasteiger partial charge in [0.1, 0.15) is 5.82 Å². The Hall–Kier alpha value is -2.17. The van der Waals surface area contributed by atoms with Crippen molar-refractivity contribution in [1.82, 2.24) is 19.4 Å². The molecular weight excluding hydrogens is 288 g/mol. The van der Waals surface area contributed by atoms with Gasteiger partial charge in [-0.1, -0.05) is 6.92 Å². The van der Waals surface area contributed by atoms with E-state index in [1.165, 1.54) is 5.69 Å². The number of piperidine rings is 1. The largest absolute Gasteiger partial charge is 0.343 e. The van der Waals surface area contributed by atoms with Crippen molar-refractivity contribution in [2.24, 2.45) is 5.92 Å². The van der Waals surface area contributed by atoms with Crippen LogP contribution in [0.25, 0.3) is 11.4 Å². The molecule has 3 rings (SSSR count). The fourth-order valence-electron chi connectivity index (χ4n) is 3.26. The smallest absolute Gasteiger partial charge is 0.222 e. The highest BCUT2D eigenvalue weighted by Crippen LogP contribution is 2.24. The van der Waals surface area contributed by atoms with Crippen molar-refractivity contribution in [2.75, 3.05) is 13.1 Å². The summed E-state index contributed by atoms with van der Waals surface area (Å²) in [6.07, 6.45) is 8.31. The van der Waals surface area contributed by atoms with Gasteiger partial charge < -0.3 is 9.47 Å². The Morgan fingerprint density at radius 2 is 2.09 bits per heavy atom. The van der Waals surface area contributed by atoms with Crippen molar-refractivity contribution in [3.8, 4) is 11.4 Å². The van der Waals surface area contributed by atoms with Crippen molar-refractivity contribution in [3.05, 3.63) is 36.4 Å². The zero-order valence-corrected chi connectivity index (χ0v) is 13.9. The van der Waals surface area contributed by atoms with Gasteiger partial charge in [-0.3, -0.25) is 9.78 Å². The van der Waals surface area contributed by atoms with Crippen LogP contribution in [0, 0.1) is 12.8 Å². The first-order valence-corrected chi connectivity index (χ1v) is 8.39. The van der Waals surface area contributed by atoms with E-state index in [2.05, 4.69) is 21.5 Å². The van der Waals surface area contributed by atoms with Crippen LogP contribution in [0.4, 0.5) is 0 Å². The molecule has 0 bridgehead atoms. The van der Waals surface area contributed by atoms with Crippen LogP contribution in [0.3, 0.4) is 0 Å². The molecule has 0 aliphatic carbocycles. The van der Waals surface area contributed by atoms with Crippen LogP contribution in [0.15, 0.2) is 30.7 Å². The number of nitrogens with zero attached hydrogens (tertiary/aromatic N) is 4. The van der Waals surface area contributed by atoms with Crippen molar-refractivity contribution >= 4 is 5.91 Å². The number of likely N-dealkylation sites (tertiary alicyclic amines) is 1. The van der Waals surface area contributed by atoms with Gasteiger partial charge in [0.25, 0.3) is 0 Å². The Bertz CT molecular complexity index is 657. The van der Waals surface area contributed by atoms with E-state index in [0.717, 1.165) is 43.9 Å². The second-order valence-electron chi connectivity index (χ2n) is 6.25. The van der Waals surface area contributed by atoms with Crippen molar-refractivity contribution in [3.63, 3.8) is 0 Å². The van der Waals surface area contributed by atoms with E-state index in [0.29, 0.717) is 12.3 Å². The number of aromatic nitrogens is 3. The first-order chi connectivity index (χ1) is 11.2. The number of rotatable bonds is 4. The van der Waals surface area contributed by atoms with Crippen molar-refractivity contribution < 1.29 is 4.79 Å². The summed E-state index contributed by atoms with van der Waals surface area (Å²) in [6.45, 7) is 6.76. The summed E-state index contributed by atoms with van der Waals surface area (Å²) in [6, 6.07) is 3.99. The summed E-state index contributed by atoms with van der Waals surface area (Å²) in [7, 11) is 0. The fourth-order valence-corrected chi connectivity index (χ4v) is 3.26. The number of aryl methyl sites for hydroxylation is 1. The maximum Gasteiger partial charge on any atom is 0.222 e. The minimum absolute atomic E-state index is 0.276. The highest BCUT2D eigenvalue weighted by Gasteiger charge is 2.23. The van der Waals surface area contributed by atoms with Crippen LogP contribution in [-0.2, 0) is 11.3 Å². The number of pyridine rings is 1. The Morgan fingerprint density at radius 1 is 1.30 bits per heavy atom. The van der Waals surface area contributed by atoms with Crippen LogP contribution in [-0.4, -0.2) is 38.4 Å². The van der Waals surface area contributed by atoms with E-state index in [9.17, 15) is 4.79 Å². The zero-order valence-electron chi connectivity index (χ0n) is 13.9. The summed E-state index contributed by atoms with van der Waals surface area (Å²) in [4.78, 5) is 22.6. The molecule has 1 fully saturated rings. The molecule has 0 aromatic carbocycles. The normalized spacial score (nSPS) is 15.8. The van der Waals surface area contributed by atoms with E-state index < -0.39 is 0 Å². The van der Waals surface area contributed by atoms with Crippen LogP contribution in [0.2, 0.25) is 0 Å². The van der Waals surface area contributed by atoms with Crippen molar-refractivity contribution in [1.29, 1.82) is 0 Å². The molecule has 5 heteroatoms. The lowest BCUT2D eigenvalue weighted by atomic mass is 9.96. The quantitative estimate of drug-likeness (QED) is 0.872. The van der Waals surface area contributed by atoms with Gasteiger partial charge in [0.15, 0.2) is 0 Å². The maximum atomic E-state index is 11.8. The number of imidazole rings is 1. The summed E-state index contributed by atoms with van der Waals surface area (Å²) in [5.74, 6) is 1.86. The lowest BCUT2D eigenvalue weighted by Crippen LogP contribution is -2.39. The van der Waals surface area contributed by atoms with Gasteiger partial charge in [-0.15, -0.1) is 0 Å². The first kappa shape index (κ1) is 15.7. The fraction of sp³-hybridized carbons (Fsp3) is 0.500. The molecule has 1 aliphatic heterocycles. The second-order valence-corrected chi connectivity index (χ2v) is 6.25. The Labute approximate surface area is 137 Å². The number of hydrogen-bond donors (Lipinski definition) is 0.